The molecule has 0 spiro atoms. The highest BCUT2D eigenvalue weighted by molar-refractivity contribution is 7.99. The van der Waals surface area contributed by atoms with E-state index in [0.29, 0.717) is 20.9 Å². The lowest BCUT2D eigenvalue weighted by Gasteiger charge is -2.18. The van der Waals surface area contributed by atoms with Crippen LogP contribution in [-0.4, -0.2) is 27.1 Å². The number of fused-ring (bicyclic) bond motifs is 1. The van der Waals surface area contributed by atoms with Gasteiger partial charge in [0.1, 0.15) is 0 Å². The third-order valence-electron chi connectivity index (χ3n) is 4.20. The van der Waals surface area contributed by atoms with Gasteiger partial charge >= 0.3 is 0 Å². The molecule has 0 saturated carbocycles. The lowest BCUT2D eigenvalue weighted by Crippen LogP contribution is -2.42. The SMILES string of the molecule is CCC(C)n1c(SCC(=O)NNC(=O)c2cccs2)nc2ccccc2c1=O. The lowest BCUT2D eigenvalue weighted by molar-refractivity contribution is -0.119. The summed E-state index contributed by atoms with van der Waals surface area (Å²) in [6, 6.07) is 10.6. The number of hydrogen-bond acceptors (Lipinski definition) is 6. The number of aromatic nitrogens is 2. The van der Waals surface area contributed by atoms with E-state index in [0.717, 1.165) is 6.42 Å². The van der Waals surface area contributed by atoms with Crippen LogP contribution in [0.2, 0.25) is 0 Å². The van der Waals surface area contributed by atoms with Crippen LogP contribution in [0.5, 0.6) is 0 Å². The molecule has 3 aromatic rings. The molecule has 3 rings (SSSR count). The van der Waals surface area contributed by atoms with Crippen LogP contribution >= 0.6 is 23.1 Å². The van der Waals surface area contributed by atoms with Gasteiger partial charge in [-0.05, 0) is 36.9 Å². The molecule has 1 atom stereocenters. The highest BCUT2D eigenvalue weighted by Crippen LogP contribution is 2.22. The number of thioether (sulfide) groups is 1. The number of rotatable bonds is 6. The van der Waals surface area contributed by atoms with E-state index in [2.05, 4.69) is 15.8 Å². The molecule has 0 bridgehead atoms. The highest BCUT2D eigenvalue weighted by Gasteiger charge is 2.17. The van der Waals surface area contributed by atoms with Crippen molar-refractivity contribution in [1.29, 1.82) is 0 Å². The Balaban J connectivity index is 1.73. The number of benzene rings is 1. The van der Waals surface area contributed by atoms with Crippen LogP contribution in [0.1, 0.15) is 36.0 Å². The summed E-state index contributed by atoms with van der Waals surface area (Å²) in [5.74, 6) is -0.729. The second kappa shape index (κ2) is 9.03. The zero-order valence-electron chi connectivity index (χ0n) is 15.5. The minimum absolute atomic E-state index is 0.0198. The van der Waals surface area contributed by atoms with Crippen molar-refractivity contribution < 1.29 is 9.59 Å². The molecule has 146 valence electrons. The minimum Gasteiger partial charge on any atom is -0.284 e. The van der Waals surface area contributed by atoms with Crippen molar-refractivity contribution in [3.05, 3.63) is 57.0 Å². The summed E-state index contributed by atoms with van der Waals surface area (Å²) in [7, 11) is 0. The Kier molecular flexibility index (Phi) is 6.48. The van der Waals surface area contributed by atoms with Crippen molar-refractivity contribution in [2.75, 3.05) is 5.75 Å². The summed E-state index contributed by atoms with van der Waals surface area (Å²) in [5.41, 5.74) is 5.25. The van der Waals surface area contributed by atoms with Gasteiger partial charge in [-0.25, -0.2) is 4.98 Å². The molecule has 0 aliphatic heterocycles. The van der Waals surface area contributed by atoms with Crippen LogP contribution in [0.4, 0.5) is 0 Å². The van der Waals surface area contributed by atoms with E-state index in [9.17, 15) is 14.4 Å². The topological polar surface area (TPSA) is 93.1 Å². The number of thiophene rings is 1. The van der Waals surface area contributed by atoms with Crippen molar-refractivity contribution in [2.45, 2.75) is 31.5 Å². The van der Waals surface area contributed by atoms with Gasteiger partial charge in [0.2, 0.25) is 5.91 Å². The Bertz CT molecular complexity index is 1050. The monoisotopic (exact) mass is 416 g/mol. The lowest BCUT2D eigenvalue weighted by atomic mass is 10.2. The summed E-state index contributed by atoms with van der Waals surface area (Å²) < 4.78 is 1.63. The van der Waals surface area contributed by atoms with E-state index >= 15 is 0 Å². The molecule has 1 aromatic carbocycles. The normalized spacial score (nSPS) is 11.9. The summed E-state index contributed by atoms with van der Waals surface area (Å²) in [5, 5.41) is 2.82. The second-order valence-corrected chi connectivity index (χ2v) is 8.00. The van der Waals surface area contributed by atoms with E-state index < -0.39 is 0 Å². The van der Waals surface area contributed by atoms with Crippen molar-refractivity contribution in [3.63, 3.8) is 0 Å². The fraction of sp³-hybridized carbons (Fsp3) is 0.263. The number of nitrogens with zero attached hydrogens (tertiary/aromatic N) is 2. The van der Waals surface area contributed by atoms with Gasteiger partial charge in [0.15, 0.2) is 5.16 Å². The summed E-state index contributed by atoms with van der Waals surface area (Å²) in [4.78, 5) is 42.0. The van der Waals surface area contributed by atoms with E-state index in [1.807, 2.05) is 26.0 Å². The third kappa shape index (κ3) is 4.42. The predicted molar refractivity (Wildman–Crippen MR) is 112 cm³/mol. The van der Waals surface area contributed by atoms with E-state index in [1.165, 1.54) is 23.1 Å². The first-order chi connectivity index (χ1) is 13.5. The van der Waals surface area contributed by atoms with Crippen molar-refractivity contribution in [1.82, 2.24) is 20.4 Å². The number of carbonyl (C=O) groups excluding carboxylic acids is 2. The van der Waals surface area contributed by atoms with Crippen LogP contribution in [-0.2, 0) is 4.79 Å². The maximum absolute atomic E-state index is 12.9. The zero-order valence-corrected chi connectivity index (χ0v) is 17.1. The van der Waals surface area contributed by atoms with Gasteiger partial charge in [0, 0.05) is 6.04 Å². The number of para-hydroxylation sites is 1. The summed E-state index contributed by atoms with van der Waals surface area (Å²) >= 11 is 2.45. The molecule has 9 heteroatoms. The average molecular weight is 417 g/mol. The molecule has 2 amide bonds. The van der Waals surface area contributed by atoms with Gasteiger partial charge in [-0.15, -0.1) is 11.3 Å². The Morgan fingerprint density at radius 2 is 2.00 bits per heavy atom. The van der Waals surface area contributed by atoms with Crippen molar-refractivity contribution >= 4 is 45.8 Å². The van der Waals surface area contributed by atoms with Crippen LogP contribution in [0.3, 0.4) is 0 Å². The first kappa shape index (κ1) is 20.1. The van der Waals surface area contributed by atoms with Crippen molar-refractivity contribution in [3.8, 4) is 0 Å². The van der Waals surface area contributed by atoms with Gasteiger partial charge in [-0.1, -0.05) is 36.9 Å². The Hall–Kier alpha value is -2.65. The summed E-state index contributed by atoms with van der Waals surface area (Å²) in [6.07, 6.45) is 0.760. The van der Waals surface area contributed by atoms with E-state index in [-0.39, 0.29) is 29.2 Å². The molecule has 28 heavy (non-hydrogen) atoms. The fourth-order valence-corrected chi connectivity index (χ4v) is 4.08. The van der Waals surface area contributed by atoms with Crippen LogP contribution in [0.15, 0.2) is 51.7 Å². The van der Waals surface area contributed by atoms with Gasteiger partial charge in [-0.3, -0.25) is 29.8 Å². The van der Waals surface area contributed by atoms with E-state index in [4.69, 9.17) is 0 Å². The first-order valence-electron chi connectivity index (χ1n) is 8.78. The van der Waals surface area contributed by atoms with Crippen LogP contribution in [0, 0.1) is 0 Å². The van der Waals surface area contributed by atoms with E-state index in [1.54, 1.807) is 34.2 Å². The minimum atomic E-state index is -0.381. The van der Waals surface area contributed by atoms with Crippen LogP contribution < -0.4 is 16.4 Å². The Morgan fingerprint density at radius 3 is 2.71 bits per heavy atom. The second-order valence-electron chi connectivity index (χ2n) is 6.11. The molecule has 2 aromatic heterocycles. The van der Waals surface area contributed by atoms with Gasteiger partial charge in [0.25, 0.3) is 11.5 Å². The molecule has 0 aliphatic carbocycles. The molecular formula is C19H20N4O3S2. The van der Waals surface area contributed by atoms with Crippen molar-refractivity contribution in [2.24, 2.45) is 0 Å². The molecule has 0 saturated heterocycles. The Morgan fingerprint density at radius 1 is 1.21 bits per heavy atom. The predicted octanol–water partition coefficient (Wildman–Crippen LogP) is 2.98. The zero-order chi connectivity index (χ0) is 20.1. The maximum Gasteiger partial charge on any atom is 0.279 e. The molecule has 2 N–H and O–H groups in total. The molecule has 0 aliphatic rings. The average Bonchev–Trinajstić information content (AvgIpc) is 3.25. The first-order valence-corrected chi connectivity index (χ1v) is 10.6. The molecule has 0 fully saturated rings. The fourth-order valence-electron chi connectivity index (χ4n) is 2.56. The Labute approximate surface area is 170 Å². The highest BCUT2D eigenvalue weighted by atomic mass is 32.2. The molecule has 2 heterocycles. The summed E-state index contributed by atoms with van der Waals surface area (Å²) in [6.45, 7) is 3.94. The smallest absolute Gasteiger partial charge is 0.279 e. The molecule has 7 nitrogen and oxygen atoms in total. The number of carbonyl (C=O) groups is 2. The van der Waals surface area contributed by atoms with Gasteiger partial charge < -0.3 is 0 Å². The maximum atomic E-state index is 12.9. The number of hydrazine groups is 1. The molecule has 0 radical (unpaired) electrons. The molecule has 1 unspecified atom stereocenters. The molecular weight excluding hydrogens is 396 g/mol. The largest absolute Gasteiger partial charge is 0.284 e. The van der Waals surface area contributed by atoms with Crippen LogP contribution in [0.25, 0.3) is 10.9 Å². The number of hydrogen-bond donors (Lipinski definition) is 2. The standard InChI is InChI=1S/C19H20N4O3S2/c1-3-12(2)23-18(26)13-7-4-5-8-14(13)20-19(23)28-11-16(24)21-22-17(25)15-9-6-10-27-15/h4-10,12H,3,11H2,1-2H3,(H,21,24)(H,22,25). The van der Waals surface area contributed by atoms with Gasteiger partial charge in [0.05, 0.1) is 21.5 Å². The number of amides is 2. The van der Waals surface area contributed by atoms with Gasteiger partial charge in [-0.2, -0.15) is 0 Å². The number of nitrogens with one attached hydrogen (secondary N) is 2. The quantitative estimate of drug-likeness (QED) is 0.366. The third-order valence-corrected chi connectivity index (χ3v) is 6.02.